The SMILES string of the molecule is C=CCOC(=O)CNC(=O)[C@@H](N)[C@@H](C)CC. The minimum Gasteiger partial charge on any atom is -0.460 e. The zero-order valence-electron chi connectivity index (χ0n) is 9.86. The molecule has 16 heavy (non-hydrogen) atoms. The molecule has 5 nitrogen and oxygen atoms in total. The van der Waals surface area contributed by atoms with Crippen molar-refractivity contribution in [2.75, 3.05) is 13.2 Å². The highest BCUT2D eigenvalue weighted by atomic mass is 16.5. The van der Waals surface area contributed by atoms with E-state index in [0.717, 1.165) is 6.42 Å². The second-order valence-electron chi connectivity index (χ2n) is 3.60. The quantitative estimate of drug-likeness (QED) is 0.482. The Kier molecular flexibility index (Phi) is 7.20. The molecule has 0 bridgehead atoms. The standard InChI is InChI=1S/C11H20N2O3/c1-4-6-16-9(14)7-13-11(15)10(12)8(3)5-2/h4,8,10H,1,5-7,12H2,2-3H3,(H,13,15)/t8-,10-/m0/s1. The van der Waals surface area contributed by atoms with E-state index in [-0.39, 0.29) is 25.0 Å². The molecule has 0 fully saturated rings. The predicted octanol–water partition coefficient (Wildman–Crippen LogP) is 0.205. The molecule has 1 amide bonds. The molecule has 0 aliphatic rings. The summed E-state index contributed by atoms with van der Waals surface area (Å²) >= 11 is 0. The minimum atomic E-state index is -0.586. The van der Waals surface area contributed by atoms with Gasteiger partial charge in [-0.1, -0.05) is 32.9 Å². The first-order valence-corrected chi connectivity index (χ1v) is 5.32. The third-order valence-electron chi connectivity index (χ3n) is 2.33. The third kappa shape index (κ3) is 5.50. The van der Waals surface area contributed by atoms with Crippen molar-refractivity contribution in [3.8, 4) is 0 Å². The van der Waals surface area contributed by atoms with Crippen molar-refractivity contribution in [1.29, 1.82) is 0 Å². The first-order valence-electron chi connectivity index (χ1n) is 5.32. The van der Waals surface area contributed by atoms with Gasteiger partial charge in [-0.25, -0.2) is 0 Å². The molecule has 0 spiro atoms. The largest absolute Gasteiger partial charge is 0.460 e. The van der Waals surface area contributed by atoms with E-state index < -0.39 is 12.0 Å². The smallest absolute Gasteiger partial charge is 0.325 e. The van der Waals surface area contributed by atoms with Gasteiger partial charge in [-0.3, -0.25) is 9.59 Å². The molecule has 0 heterocycles. The topological polar surface area (TPSA) is 81.4 Å². The van der Waals surface area contributed by atoms with Crippen LogP contribution in [0.5, 0.6) is 0 Å². The second kappa shape index (κ2) is 7.87. The van der Waals surface area contributed by atoms with E-state index in [1.54, 1.807) is 0 Å². The zero-order valence-corrected chi connectivity index (χ0v) is 9.86. The highest BCUT2D eigenvalue weighted by Crippen LogP contribution is 2.04. The molecule has 0 saturated carbocycles. The molecule has 92 valence electrons. The normalized spacial score (nSPS) is 13.7. The van der Waals surface area contributed by atoms with Crippen molar-refractivity contribution < 1.29 is 14.3 Å². The monoisotopic (exact) mass is 228 g/mol. The van der Waals surface area contributed by atoms with E-state index in [1.165, 1.54) is 6.08 Å². The van der Waals surface area contributed by atoms with Crippen molar-refractivity contribution in [2.45, 2.75) is 26.3 Å². The Morgan fingerprint density at radius 1 is 1.56 bits per heavy atom. The predicted molar refractivity (Wildman–Crippen MR) is 61.6 cm³/mol. The zero-order chi connectivity index (χ0) is 12.6. The molecule has 3 N–H and O–H groups in total. The molecular weight excluding hydrogens is 208 g/mol. The van der Waals surface area contributed by atoms with E-state index in [9.17, 15) is 9.59 Å². The van der Waals surface area contributed by atoms with Crippen molar-refractivity contribution in [2.24, 2.45) is 11.7 Å². The van der Waals surface area contributed by atoms with Crippen LogP contribution in [0.4, 0.5) is 0 Å². The molecule has 0 aromatic heterocycles. The Labute approximate surface area is 96.0 Å². The Bertz CT molecular complexity index is 254. The number of carbonyl (C=O) groups is 2. The fourth-order valence-corrected chi connectivity index (χ4v) is 0.992. The first-order chi connectivity index (χ1) is 7.52. The number of nitrogens with one attached hydrogen (secondary N) is 1. The number of esters is 1. The van der Waals surface area contributed by atoms with Gasteiger partial charge in [-0.15, -0.1) is 0 Å². The van der Waals surface area contributed by atoms with E-state index in [2.05, 4.69) is 11.9 Å². The van der Waals surface area contributed by atoms with Crippen LogP contribution in [0.15, 0.2) is 12.7 Å². The van der Waals surface area contributed by atoms with Crippen LogP contribution in [0, 0.1) is 5.92 Å². The fraction of sp³-hybridized carbons (Fsp3) is 0.636. The fourth-order valence-electron chi connectivity index (χ4n) is 0.992. The van der Waals surface area contributed by atoms with Gasteiger partial charge >= 0.3 is 5.97 Å². The van der Waals surface area contributed by atoms with Gasteiger partial charge in [0, 0.05) is 0 Å². The molecule has 0 aromatic rings. The second-order valence-corrected chi connectivity index (χ2v) is 3.60. The molecule has 0 aliphatic heterocycles. The van der Waals surface area contributed by atoms with Crippen LogP contribution in [0.3, 0.4) is 0 Å². The van der Waals surface area contributed by atoms with Crippen LogP contribution in [-0.4, -0.2) is 31.1 Å². The van der Waals surface area contributed by atoms with Crippen LogP contribution in [0.25, 0.3) is 0 Å². The van der Waals surface area contributed by atoms with Gasteiger partial charge in [0.2, 0.25) is 5.91 Å². The van der Waals surface area contributed by atoms with Crippen molar-refractivity contribution >= 4 is 11.9 Å². The van der Waals surface area contributed by atoms with Crippen LogP contribution < -0.4 is 11.1 Å². The molecule has 0 aliphatic carbocycles. The Balaban J connectivity index is 3.88. The summed E-state index contributed by atoms with van der Waals surface area (Å²) in [6.45, 7) is 7.24. The van der Waals surface area contributed by atoms with E-state index in [4.69, 9.17) is 10.5 Å². The lowest BCUT2D eigenvalue weighted by atomic mass is 9.99. The Hall–Kier alpha value is -1.36. The molecule has 0 unspecified atom stereocenters. The average Bonchev–Trinajstić information content (AvgIpc) is 2.31. The number of hydrogen-bond donors (Lipinski definition) is 2. The molecular formula is C11H20N2O3. The van der Waals surface area contributed by atoms with Gasteiger partial charge in [0.05, 0.1) is 6.04 Å². The number of nitrogens with two attached hydrogens (primary N) is 1. The van der Waals surface area contributed by atoms with Gasteiger partial charge in [0.15, 0.2) is 0 Å². The Morgan fingerprint density at radius 3 is 2.69 bits per heavy atom. The van der Waals surface area contributed by atoms with Gasteiger partial charge < -0.3 is 15.8 Å². The molecule has 0 rings (SSSR count). The number of amides is 1. The molecule has 0 aromatic carbocycles. The van der Waals surface area contributed by atoms with Gasteiger partial charge in [-0.2, -0.15) is 0 Å². The maximum absolute atomic E-state index is 11.5. The highest BCUT2D eigenvalue weighted by molar-refractivity contribution is 5.85. The lowest BCUT2D eigenvalue weighted by molar-refractivity contribution is -0.143. The summed E-state index contributed by atoms with van der Waals surface area (Å²) in [5, 5.41) is 2.43. The maximum Gasteiger partial charge on any atom is 0.325 e. The summed E-state index contributed by atoms with van der Waals surface area (Å²) in [5.41, 5.74) is 5.68. The van der Waals surface area contributed by atoms with E-state index in [1.807, 2.05) is 13.8 Å². The number of hydrogen-bond acceptors (Lipinski definition) is 4. The summed E-state index contributed by atoms with van der Waals surface area (Å²) in [6.07, 6.45) is 2.28. The number of ether oxygens (including phenoxy) is 1. The minimum absolute atomic E-state index is 0.0872. The summed E-state index contributed by atoms with van der Waals surface area (Å²) in [6, 6.07) is -0.586. The van der Waals surface area contributed by atoms with Gasteiger partial charge in [0.1, 0.15) is 13.2 Å². The molecule has 5 heteroatoms. The Morgan fingerprint density at radius 2 is 2.19 bits per heavy atom. The van der Waals surface area contributed by atoms with Crippen LogP contribution >= 0.6 is 0 Å². The van der Waals surface area contributed by atoms with E-state index in [0.29, 0.717) is 0 Å². The van der Waals surface area contributed by atoms with Crippen molar-refractivity contribution in [3.05, 3.63) is 12.7 Å². The first kappa shape index (κ1) is 14.6. The van der Waals surface area contributed by atoms with Crippen molar-refractivity contribution in [3.63, 3.8) is 0 Å². The third-order valence-corrected chi connectivity index (χ3v) is 2.33. The van der Waals surface area contributed by atoms with Gasteiger partial charge in [0.25, 0.3) is 0 Å². The van der Waals surface area contributed by atoms with Gasteiger partial charge in [-0.05, 0) is 5.92 Å². The summed E-state index contributed by atoms with van der Waals surface area (Å²) < 4.78 is 4.70. The van der Waals surface area contributed by atoms with Crippen molar-refractivity contribution in [1.82, 2.24) is 5.32 Å². The summed E-state index contributed by atoms with van der Waals surface area (Å²) in [5.74, 6) is -0.737. The molecule has 0 saturated heterocycles. The molecule has 0 radical (unpaired) electrons. The number of carbonyl (C=O) groups excluding carboxylic acids is 2. The van der Waals surface area contributed by atoms with Crippen LogP contribution in [-0.2, 0) is 14.3 Å². The maximum atomic E-state index is 11.5. The number of rotatable bonds is 7. The average molecular weight is 228 g/mol. The summed E-state index contributed by atoms with van der Waals surface area (Å²) in [4.78, 5) is 22.5. The molecule has 2 atom stereocenters. The van der Waals surface area contributed by atoms with E-state index >= 15 is 0 Å². The summed E-state index contributed by atoms with van der Waals surface area (Å²) in [7, 11) is 0. The lowest BCUT2D eigenvalue weighted by Crippen LogP contribution is -2.46. The van der Waals surface area contributed by atoms with Crippen LogP contribution in [0.1, 0.15) is 20.3 Å². The lowest BCUT2D eigenvalue weighted by Gasteiger charge is -2.17. The highest BCUT2D eigenvalue weighted by Gasteiger charge is 2.19. The van der Waals surface area contributed by atoms with Crippen LogP contribution in [0.2, 0.25) is 0 Å².